The Morgan fingerprint density at radius 1 is 1.22 bits per heavy atom. The number of halogens is 1. The maximum Gasteiger partial charge on any atom is 0.322 e. The van der Waals surface area contributed by atoms with Crippen molar-refractivity contribution in [1.82, 2.24) is 4.90 Å². The summed E-state index contributed by atoms with van der Waals surface area (Å²) in [5, 5.41) is 12.8. The van der Waals surface area contributed by atoms with Crippen LogP contribution >= 0.6 is 15.9 Å². The number of phenolic OH excluding ortho intramolecular Hbond substituents is 1. The molecule has 6 nitrogen and oxygen atoms in total. The maximum absolute atomic E-state index is 13.0. The van der Waals surface area contributed by atoms with E-state index in [2.05, 4.69) is 21.2 Å². The molecule has 0 unspecified atom stereocenters. The van der Waals surface area contributed by atoms with Gasteiger partial charge in [-0.05, 0) is 55.2 Å². The van der Waals surface area contributed by atoms with E-state index in [4.69, 9.17) is 9.47 Å². The van der Waals surface area contributed by atoms with Crippen molar-refractivity contribution in [1.29, 1.82) is 0 Å². The number of phenols is 1. The predicted molar refractivity (Wildman–Crippen MR) is 108 cm³/mol. The van der Waals surface area contributed by atoms with Crippen molar-refractivity contribution in [2.75, 3.05) is 19.5 Å². The molecular weight excluding hydrogens is 412 g/mol. The van der Waals surface area contributed by atoms with Crippen molar-refractivity contribution in [3.8, 4) is 17.2 Å². The first-order valence-electron chi connectivity index (χ1n) is 8.70. The van der Waals surface area contributed by atoms with E-state index < -0.39 is 0 Å². The minimum Gasteiger partial charge on any atom is -0.504 e. The molecule has 0 atom stereocenters. The van der Waals surface area contributed by atoms with Crippen LogP contribution in [-0.2, 0) is 6.54 Å². The average molecular weight is 435 g/mol. The molecule has 0 bridgehead atoms. The van der Waals surface area contributed by atoms with Gasteiger partial charge in [-0.15, -0.1) is 0 Å². The number of hydrogen-bond acceptors (Lipinski definition) is 4. The molecule has 7 heteroatoms. The standard InChI is InChI=1S/C20H23BrN2O4/c1-12-8-14(21)10-18(27-3)19(12)22-20(25)23(15-5-6-15)11-13-4-7-16(24)17(9-13)26-2/h4,7-10,15,24H,5-6,11H2,1-3H3,(H,22,25). The van der Waals surface area contributed by atoms with Gasteiger partial charge in [-0.3, -0.25) is 0 Å². The number of nitrogens with one attached hydrogen (secondary N) is 1. The first-order valence-corrected chi connectivity index (χ1v) is 9.50. The summed E-state index contributed by atoms with van der Waals surface area (Å²) in [6.45, 7) is 2.36. The Hall–Kier alpha value is -2.41. The van der Waals surface area contributed by atoms with Gasteiger partial charge >= 0.3 is 6.03 Å². The van der Waals surface area contributed by atoms with Crippen molar-refractivity contribution in [2.24, 2.45) is 0 Å². The van der Waals surface area contributed by atoms with Crippen molar-refractivity contribution in [3.63, 3.8) is 0 Å². The number of carbonyl (C=O) groups is 1. The van der Waals surface area contributed by atoms with Crippen LogP contribution in [0.3, 0.4) is 0 Å². The summed E-state index contributed by atoms with van der Waals surface area (Å²) in [5.74, 6) is 1.09. The molecule has 0 aliphatic heterocycles. The van der Waals surface area contributed by atoms with Crippen LogP contribution in [0.25, 0.3) is 0 Å². The van der Waals surface area contributed by atoms with E-state index in [1.165, 1.54) is 7.11 Å². The number of aromatic hydroxyl groups is 1. The van der Waals surface area contributed by atoms with E-state index >= 15 is 0 Å². The van der Waals surface area contributed by atoms with Gasteiger partial charge in [0.1, 0.15) is 5.75 Å². The molecule has 0 heterocycles. The van der Waals surface area contributed by atoms with Gasteiger partial charge in [-0.25, -0.2) is 4.79 Å². The van der Waals surface area contributed by atoms with Crippen molar-refractivity contribution in [2.45, 2.75) is 32.4 Å². The van der Waals surface area contributed by atoms with Crippen LogP contribution in [0.5, 0.6) is 17.2 Å². The van der Waals surface area contributed by atoms with Crippen molar-refractivity contribution < 1.29 is 19.4 Å². The lowest BCUT2D eigenvalue weighted by molar-refractivity contribution is 0.206. The zero-order valence-electron chi connectivity index (χ0n) is 15.6. The zero-order chi connectivity index (χ0) is 19.6. The van der Waals surface area contributed by atoms with Crippen LogP contribution in [0.1, 0.15) is 24.0 Å². The fraction of sp³-hybridized carbons (Fsp3) is 0.350. The summed E-state index contributed by atoms with van der Waals surface area (Å²) >= 11 is 3.44. The summed E-state index contributed by atoms with van der Waals surface area (Å²) in [6.07, 6.45) is 1.97. The Morgan fingerprint density at radius 3 is 2.56 bits per heavy atom. The number of ether oxygens (including phenoxy) is 2. The van der Waals surface area contributed by atoms with Crippen LogP contribution in [0, 0.1) is 6.92 Å². The minimum atomic E-state index is -0.173. The van der Waals surface area contributed by atoms with Gasteiger partial charge in [0.25, 0.3) is 0 Å². The van der Waals surface area contributed by atoms with Gasteiger partial charge in [0.2, 0.25) is 0 Å². The quantitative estimate of drug-likeness (QED) is 0.692. The molecule has 1 saturated carbocycles. The topological polar surface area (TPSA) is 71.0 Å². The Bertz CT molecular complexity index is 852. The van der Waals surface area contributed by atoms with E-state index in [1.807, 2.05) is 24.0 Å². The number of benzene rings is 2. The van der Waals surface area contributed by atoms with Crippen LogP contribution in [0.2, 0.25) is 0 Å². The molecule has 2 aromatic carbocycles. The van der Waals surface area contributed by atoms with E-state index in [1.54, 1.807) is 25.3 Å². The van der Waals surface area contributed by atoms with Crippen LogP contribution in [0.15, 0.2) is 34.8 Å². The second-order valence-corrected chi connectivity index (χ2v) is 7.51. The summed E-state index contributed by atoms with van der Waals surface area (Å²) < 4.78 is 11.5. The maximum atomic E-state index is 13.0. The molecule has 2 N–H and O–H groups in total. The SMILES string of the molecule is COc1cc(CN(C(=O)Nc2c(C)cc(Br)cc2OC)C2CC2)ccc1O. The Kier molecular flexibility index (Phi) is 5.79. The van der Waals surface area contributed by atoms with Gasteiger partial charge in [0.15, 0.2) is 11.5 Å². The number of urea groups is 1. The fourth-order valence-electron chi connectivity index (χ4n) is 2.98. The highest BCUT2D eigenvalue weighted by atomic mass is 79.9. The number of nitrogens with zero attached hydrogens (tertiary/aromatic N) is 1. The Balaban J connectivity index is 1.81. The summed E-state index contributed by atoms with van der Waals surface area (Å²) in [5.41, 5.74) is 2.47. The lowest BCUT2D eigenvalue weighted by Crippen LogP contribution is -2.36. The molecule has 0 spiro atoms. The normalized spacial score (nSPS) is 13.2. The van der Waals surface area contributed by atoms with Crippen LogP contribution in [0.4, 0.5) is 10.5 Å². The first-order chi connectivity index (χ1) is 12.9. The van der Waals surface area contributed by atoms with Crippen LogP contribution in [-0.4, -0.2) is 36.3 Å². The molecule has 27 heavy (non-hydrogen) atoms. The number of methoxy groups -OCH3 is 2. The van der Waals surface area contributed by atoms with Gasteiger partial charge in [0, 0.05) is 17.1 Å². The van der Waals surface area contributed by atoms with Gasteiger partial charge in [0.05, 0.1) is 19.9 Å². The molecule has 0 radical (unpaired) electrons. The molecule has 3 rings (SSSR count). The zero-order valence-corrected chi connectivity index (χ0v) is 17.2. The third-order valence-corrected chi connectivity index (χ3v) is 5.02. The molecule has 144 valence electrons. The highest BCUT2D eigenvalue weighted by molar-refractivity contribution is 9.10. The molecule has 0 aromatic heterocycles. The third kappa shape index (κ3) is 4.47. The fourth-order valence-corrected chi connectivity index (χ4v) is 3.53. The third-order valence-electron chi connectivity index (χ3n) is 4.56. The lowest BCUT2D eigenvalue weighted by Gasteiger charge is -2.24. The average Bonchev–Trinajstić information content (AvgIpc) is 3.47. The highest BCUT2D eigenvalue weighted by Gasteiger charge is 2.33. The molecule has 1 aliphatic carbocycles. The highest BCUT2D eigenvalue weighted by Crippen LogP contribution is 2.35. The number of hydrogen-bond donors (Lipinski definition) is 2. The minimum absolute atomic E-state index is 0.0823. The molecule has 0 saturated heterocycles. The molecule has 1 aliphatic rings. The Morgan fingerprint density at radius 2 is 1.93 bits per heavy atom. The van der Waals surface area contributed by atoms with Gasteiger partial charge in [-0.2, -0.15) is 0 Å². The van der Waals surface area contributed by atoms with E-state index in [0.29, 0.717) is 23.7 Å². The summed E-state index contributed by atoms with van der Waals surface area (Å²) in [4.78, 5) is 14.8. The number of carbonyl (C=O) groups excluding carboxylic acids is 1. The lowest BCUT2D eigenvalue weighted by atomic mass is 10.1. The monoisotopic (exact) mass is 434 g/mol. The Labute approximate surface area is 167 Å². The van der Waals surface area contributed by atoms with E-state index in [-0.39, 0.29) is 17.8 Å². The van der Waals surface area contributed by atoms with Crippen LogP contribution < -0.4 is 14.8 Å². The molecule has 2 aromatic rings. The molecular formula is C20H23BrN2O4. The summed E-state index contributed by atoms with van der Waals surface area (Å²) in [6, 6.07) is 8.94. The van der Waals surface area contributed by atoms with Gasteiger partial charge < -0.3 is 24.8 Å². The van der Waals surface area contributed by atoms with Crippen molar-refractivity contribution >= 4 is 27.6 Å². The smallest absolute Gasteiger partial charge is 0.322 e. The summed E-state index contributed by atoms with van der Waals surface area (Å²) in [7, 11) is 3.09. The molecule has 2 amide bonds. The van der Waals surface area contributed by atoms with Gasteiger partial charge in [-0.1, -0.05) is 22.0 Å². The van der Waals surface area contributed by atoms with E-state index in [0.717, 1.165) is 28.4 Å². The number of rotatable bonds is 6. The van der Waals surface area contributed by atoms with Crippen molar-refractivity contribution in [3.05, 3.63) is 45.9 Å². The predicted octanol–water partition coefficient (Wildman–Crippen LogP) is 4.68. The first kappa shape index (κ1) is 19.4. The molecule has 1 fully saturated rings. The number of aryl methyl sites for hydroxylation is 1. The van der Waals surface area contributed by atoms with E-state index in [9.17, 15) is 9.90 Å². The largest absolute Gasteiger partial charge is 0.504 e. The second-order valence-electron chi connectivity index (χ2n) is 6.60. The second kappa shape index (κ2) is 8.08. The number of anilines is 1. The number of amides is 2.